The lowest BCUT2D eigenvalue weighted by molar-refractivity contribution is 0.603. The van der Waals surface area contributed by atoms with Crippen molar-refractivity contribution in [1.82, 2.24) is 24.7 Å². The smallest absolute Gasteiger partial charge is 0.327 e. The Morgan fingerprint density at radius 1 is 1.38 bits per heavy atom. The van der Waals surface area contributed by atoms with Gasteiger partial charge in [-0.3, -0.25) is 4.57 Å². The lowest BCUT2D eigenvalue weighted by atomic mass is 10.1. The molecule has 0 bridgehead atoms. The maximum Gasteiger partial charge on any atom is 0.343 e. The van der Waals surface area contributed by atoms with E-state index >= 15 is 0 Å². The number of H-pyrrole nitrogens is 1. The number of hydrogen-bond donors (Lipinski definition) is 2. The zero-order valence-electron chi connectivity index (χ0n) is 12.2. The van der Waals surface area contributed by atoms with Crippen LogP contribution in [0.4, 0.5) is 0 Å². The molecule has 0 saturated heterocycles. The number of aromatic amines is 1. The highest BCUT2D eigenvalue weighted by Gasteiger charge is 2.11. The zero-order valence-corrected chi connectivity index (χ0v) is 13.1. The van der Waals surface area contributed by atoms with Gasteiger partial charge in [0.1, 0.15) is 0 Å². The highest BCUT2D eigenvalue weighted by atomic mass is 32.2. The van der Waals surface area contributed by atoms with Gasteiger partial charge in [0.25, 0.3) is 0 Å². The fraction of sp³-hybridized carbons (Fsp3) is 0.538. The fourth-order valence-electron chi connectivity index (χ4n) is 1.83. The zero-order chi connectivity index (χ0) is 15.2. The van der Waals surface area contributed by atoms with Crippen LogP contribution in [-0.2, 0) is 13.0 Å². The molecule has 3 N–H and O–H groups in total. The summed E-state index contributed by atoms with van der Waals surface area (Å²) in [5, 5.41) is 7.61. The minimum absolute atomic E-state index is 0.133. The van der Waals surface area contributed by atoms with E-state index in [0.717, 1.165) is 24.8 Å². The van der Waals surface area contributed by atoms with Gasteiger partial charge >= 0.3 is 5.69 Å². The van der Waals surface area contributed by atoms with Gasteiger partial charge in [-0.05, 0) is 36.6 Å². The summed E-state index contributed by atoms with van der Waals surface area (Å²) in [6, 6.07) is 0.133. The third-order valence-corrected chi connectivity index (χ3v) is 3.94. The molecule has 0 spiro atoms. The van der Waals surface area contributed by atoms with Gasteiger partial charge in [0.2, 0.25) is 0 Å². The second kappa shape index (κ2) is 7.37. The molecular weight excluding hydrogens is 288 g/mol. The molecule has 21 heavy (non-hydrogen) atoms. The summed E-state index contributed by atoms with van der Waals surface area (Å²) in [6.45, 7) is 4.69. The van der Waals surface area contributed by atoms with Crippen molar-refractivity contribution >= 4 is 11.8 Å². The van der Waals surface area contributed by atoms with Gasteiger partial charge in [0, 0.05) is 25.0 Å². The molecule has 0 fully saturated rings. The largest absolute Gasteiger partial charge is 0.343 e. The third kappa shape index (κ3) is 4.15. The van der Waals surface area contributed by atoms with Crippen molar-refractivity contribution in [1.29, 1.82) is 0 Å². The van der Waals surface area contributed by atoms with Gasteiger partial charge in [-0.2, -0.15) is 0 Å². The Balaban J connectivity index is 2.08. The fourth-order valence-corrected chi connectivity index (χ4v) is 2.58. The van der Waals surface area contributed by atoms with Gasteiger partial charge in [0.05, 0.1) is 0 Å². The van der Waals surface area contributed by atoms with E-state index in [-0.39, 0.29) is 11.7 Å². The van der Waals surface area contributed by atoms with Crippen LogP contribution in [0.15, 0.2) is 27.5 Å². The second-order valence-corrected chi connectivity index (χ2v) is 5.75. The molecule has 114 valence electrons. The Labute approximate surface area is 127 Å². The van der Waals surface area contributed by atoms with Crippen molar-refractivity contribution in [3.05, 3.63) is 28.4 Å². The number of hydrogen-bond acceptors (Lipinski definition) is 6. The molecule has 2 aromatic rings. The minimum atomic E-state index is -0.204. The number of nitrogens with one attached hydrogen (secondary N) is 1. The maximum absolute atomic E-state index is 11.6. The average Bonchev–Trinajstić information content (AvgIpc) is 2.82. The molecule has 1 atom stereocenters. The molecule has 2 aromatic heterocycles. The summed E-state index contributed by atoms with van der Waals surface area (Å²) in [6.07, 6.45) is 6.11. The monoisotopic (exact) mass is 308 g/mol. The predicted octanol–water partition coefficient (Wildman–Crippen LogP) is 1.20. The van der Waals surface area contributed by atoms with E-state index in [2.05, 4.69) is 27.1 Å². The van der Waals surface area contributed by atoms with Crippen molar-refractivity contribution in [3.8, 4) is 0 Å². The molecule has 2 rings (SSSR count). The highest BCUT2D eigenvalue weighted by Crippen LogP contribution is 2.21. The molecule has 8 heteroatoms. The van der Waals surface area contributed by atoms with Crippen molar-refractivity contribution in [2.45, 2.75) is 56.0 Å². The Morgan fingerprint density at radius 3 is 2.71 bits per heavy atom. The first-order chi connectivity index (χ1) is 10.1. The molecular formula is C13H20N6OS. The summed E-state index contributed by atoms with van der Waals surface area (Å²) in [7, 11) is 0. The number of aromatic nitrogens is 5. The molecule has 1 unspecified atom stereocenters. The van der Waals surface area contributed by atoms with E-state index in [4.69, 9.17) is 5.73 Å². The maximum atomic E-state index is 11.6. The lowest BCUT2D eigenvalue weighted by Crippen LogP contribution is -2.21. The van der Waals surface area contributed by atoms with E-state index in [0.29, 0.717) is 16.9 Å². The van der Waals surface area contributed by atoms with Crippen molar-refractivity contribution in [3.63, 3.8) is 0 Å². The van der Waals surface area contributed by atoms with Crippen LogP contribution >= 0.6 is 11.8 Å². The third-order valence-electron chi connectivity index (χ3n) is 3.06. The quantitative estimate of drug-likeness (QED) is 0.745. The van der Waals surface area contributed by atoms with Gasteiger partial charge in [-0.25, -0.2) is 19.9 Å². The van der Waals surface area contributed by atoms with Crippen LogP contribution in [-0.4, -0.2) is 30.8 Å². The minimum Gasteiger partial charge on any atom is -0.327 e. The first-order valence-corrected chi connectivity index (χ1v) is 7.85. The van der Waals surface area contributed by atoms with Crippen molar-refractivity contribution in [2.75, 3.05) is 0 Å². The van der Waals surface area contributed by atoms with Crippen LogP contribution in [0.3, 0.4) is 0 Å². The summed E-state index contributed by atoms with van der Waals surface area (Å²) >= 11 is 1.28. The molecule has 0 radical (unpaired) electrons. The Morgan fingerprint density at radius 2 is 2.10 bits per heavy atom. The van der Waals surface area contributed by atoms with E-state index in [1.807, 2.05) is 6.92 Å². The second-order valence-electron chi connectivity index (χ2n) is 4.81. The van der Waals surface area contributed by atoms with Crippen LogP contribution in [0, 0.1) is 0 Å². The van der Waals surface area contributed by atoms with Gasteiger partial charge in [-0.15, -0.1) is 5.10 Å². The van der Waals surface area contributed by atoms with E-state index in [9.17, 15) is 4.79 Å². The van der Waals surface area contributed by atoms with Crippen LogP contribution in [0.25, 0.3) is 0 Å². The molecule has 0 amide bonds. The van der Waals surface area contributed by atoms with Gasteiger partial charge in [-0.1, -0.05) is 13.8 Å². The number of nitrogens with zero attached hydrogens (tertiary/aromatic N) is 4. The normalized spacial score (nSPS) is 12.5. The summed E-state index contributed by atoms with van der Waals surface area (Å²) in [4.78, 5) is 20.2. The highest BCUT2D eigenvalue weighted by molar-refractivity contribution is 7.99. The molecule has 7 nitrogen and oxygen atoms in total. The molecule has 0 saturated carbocycles. The van der Waals surface area contributed by atoms with E-state index in [1.54, 1.807) is 17.0 Å². The van der Waals surface area contributed by atoms with Gasteiger partial charge in [0.15, 0.2) is 10.3 Å². The van der Waals surface area contributed by atoms with Crippen molar-refractivity contribution in [2.24, 2.45) is 5.73 Å². The number of nitrogens with two attached hydrogens (primary N) is 1. The first-order valence-electron chi connectivity index (χ1n) is 7.03. The topological polar surface area (TPSA) is 102 Å². The SMILES string of the molecule is CCCn1c(Sc2ncc(CC(N)CC)cn2)n[nH]c1=O. The van der Waals surface area contributed by atoms with Crippen LogP contribution in [0.1, 0.15) is 32.3 Å². The van der Waals surface area contributed by atoms with E-state index in [1.165, 1.54) is 11.8 Å². The van der Waals surface area contributed by atoms with Crippen LogP contribution in [0.5, 0.6) is 0 Å². The summed E-state index contributed by atoms with van der Waals surface area (Å²) in [5.41, 5.74) is 6.72. The van der Waals surface area contributed by atoms with Gasteiger partial charge < -0.3 is 5.73 Å². The van der Waals surface area contributed by atoms with Crippen molar-refractivity contribution < 1.29 is 0 Å². The lowest BCUT2D eigenvalue weighted by Gasteiger charge is -2.08. The molecule has 2 heterocycles. The summed E-state index contributed by atoms with van der Waals surface area (Å²) in [5.74, 6) is 0. The summed E-state index contributed by atoms with van der Waals surface area (Å²) < 4.78 is 1.59. The molecule has 0 aliphatic heterocycles. The molecule has 0 aliphatic rings. The van der Waals surface area contributed by atoms with Crippen LogP contribution < -0.4 is 11.4 Å². The first kappa shape index (κ1) is 15.7. The average molecular weight is 308 g/mol. The predicted molar refractivity (Wildman–Crippen MR) is 81.3 cm³/mol. The van der Waals surface area contributed by atoms with E-state index < -0.39 is 0 Å². The standard InChI is InChI=1S/C13H20N6OS/c1-3-5-19-12(20)17-18-13(19)21-11-15-7-9(8-16-11)6-10(14)4-2/h7-8,10H,3-6,14H2,1-2H3,(H,17,20). The Kier molecular flexibility index (Phi) is 5.51. The number of rotatable bonds is 7. The van der Waals surface area contributed by atoms with Crippen LogP contribution in [0.2, 0.25) is 0 Å². The Hall–Kier alpha value is -1.67. The molecule has 0 aromatic carbocycles. The Bertz CT molecular complexity index is 620. The molecule has 0 aliphatic carbocycles.